The number of hydrogen-bond acceptors (Lipinski definition) is 5. The highest BCUT2D eigenvalue weighted by atomic mass is 19.1. The molecular weight excluding hydrogens is 417 g/mol. The normalized spacial score (nSPS) is 17.6. The molecule has 32 heavy (non-hydrogen) atoms. The molecule has 2 N–H and O–H groups in total. The monoisotopic (exact) mass is 439 g/mol. The van der Waals surface area contributed by atoms with Crippen LogP contribution in [-0.4, -0.2) is 42.6 Å². The molecule has 1 atom stereocenters. The second-order valence-electron chi connectivity index (χ2n) is 7.28. The molecule has 0 radical (unpaired) electrons. The van der Waals surface area contributed by atoms with E-state index in [0.29, 0.717) is 23.6 Å². The van der Waals surface area contributed by atoms with Crippen molar-refractivity contribution in [2.45, 2.75) is 19.5 Å². The van der Waals surface area contributed by atoms with Gasteiger partial charge in [0.25, 0.3) is 0 Å². The lowest BCUT2D eigenvalue weighted by atomic mass is 9.95. The van der Waals surface area contributed by atoms with Gasteiger partial charge in [-0.15, -0.1) is 0 Å². The molecule has 0 unspecified atom stereocenters. The van der Waals surface area contributed by atoms with Crippen molar-refractivity contribution in [3.8, 4) is 5.75 Å². The van der Waals surface area contributed by atoms with E-state index in [1.54, 1.807) is 36.4 Å². The molecule has 2 aromatic carbocycles. The summed E-state index contributed by atoms with van der Waals surface area (Å²) in [5, 5.41) is 5.49. The number of rotatable bonds is 7. The molecule has 0 aromatic heterocycles. The Morgan fingerprint density at radius 3 is 2.72 bits per heavy atom. The summed E-state index contributed by atoms with van der Waals surface area (Å²) in [4.78, 5) is 39.1. The zero-order chi connectivity index (χ0) is 22.7. The number of carbonyl (C=O) groups is 3. The minimum atomic E-state index is -0.742. The third-order valence-electron chi connectivity index (χ3n) is 5.23. The summed E-state index contributed by atoms with van der Waals surface area (Å²) in [6.07, 6.45) is 0. The fourth-order valence-corrected chi connectivity index (χ4v) is 3.72. The van der Waals surface area contributed by atoms with Crippen LogP contribution in [0.2, 0.25) is 0 Å². The molecule has 8 nitrogen and oxygen atoms in total. The Bertz CT molecular complexity index is 1080. The van der Waals surface area contributed by atoms with Crippen LogP contribution in [0.3, 0.4) is 0 Å². The molecule has 4 rings (SSSR count). The highest BCUT2D eigenvalue weighted by Gasteiger charge is 2.43. The lowest BCUT2D eigenvalue weighted by Crippen LogP contribution is -2.50. The van der Waals surface area contributed by atoms with Gasteiger partial charge in [0.2, 0.25) is 5.91 Å². The second-order valence-corrected chi connectivity index (χ2v) is 7.28. The molecule has 0 saturated heterocycles. The van der Waals surface area contributed by atoms with Crippen LogP contribution in [0.4, 0.5) is 9.18 Å². The molecule has 0 spiro atoms. The van der Waals surface area contributed by atoms with Gasteiger partial charge in [-0.2, -0.15) is 0 Å². The second kappa shape index (κ2) is 9.09. The lowest BCUT2D eigenvalue weighted by molar-refractivity contribution is -0.136. The zero-order valence-electron chi connectivity index (χ0n) is 17.4. The Morgan fingerprint density at radius 2 is 1.97 bits per heavy atom. The number of nitrogens with zero attached hydrogens (tertiary/aromatic N) is 1. The van der Waals surface area contributed by atoms with Gasteiger partial charge >= 0.3 is 12.0 Å². The molecule has 0 bridgehead atoms. The number of benzene rings is 2. The summed E-state index contributed by atoms with van der Waals surface area (Å²) in [6, 6.07) is 11.6. The highest BCUT2D eigenvalue weighted by Crippen LogP contribution is 2.38. The molecule has 0 fully saturated rings. The van der Waals surface area contributed by atoms with Crippen LogP contribution in [0, 0.1) is 5.82 Å². The Labute approximate surface area is 184 Å². The van der Waals surface area contributed by atoms with E-state index in [1.807, 2.05) is 6.92 Å². The van der Waals surface area contributed by atoms with Crippen molar-refractivity contribution < 1.29 is 28.2 Å². The molecule has 2 heterocycles. The number of carbonyl (C=O) groups excluding carboxylic acids is 3. The van der Waals surface area contributed by atoms with Crippen LogP contribution in [0.5, 0.6) is 5.75 Å². The van der Waals surface area contributed by atoms with Crippen LogP contribution in [0.15, 0.2) is 59.8 Å². The number of cyclic esters (lactones) is 1. The van der Waals surface area contributed by atoms with E-state index < -0.39 is 23.9 Å². The van der Waals surface area contributed by atoms with Crippen molar-refractivity contribution in [3.05, 3.63) is 76.7 Å². The summed E-state index contributed by atoms with van der Waals surface area (Å²) in [5.74, 6) is -0.787. The maximum absolute atomic E-state index is 13.0. The predicted molar refractivity (Wildman–Crippen MR) is 112 cm³/mol. The molecule has 2 aromatic rings. The van der Waals surface area contributed by atoms with Crippen molar-refractivity contribution >= 4 is 17.9 Å². The van der Waals surface area contributed by atoms with E-state index in [9.17, 15) is 18.8 Å². The summed E-state index contributed by atoms with van der Waals surface area (Å²) in [5.41, 5.74) is 1.99. The Morgan fingerprint density at radius 1 is 1.22 bits per heavy atom. The quantitative estimate of drug-likeness (QED) is 0.646. The van der Waals surface area contributed by atoms with Gasteiger partial charge in [0.1, 0.15) is 24.7 Å². The number of amides is 3. The number of halogens is 1. The Balaban J connectivity index is 1.54. The molecule has 166 valence electrons. The number of urea groups is 1. The van der Waals surface area contributed by atoms with Gasteiger partial charge in [0.15, 0.2) is 0 Å². The highest BCUT2D eigenvalue weighted by molar-refractivity contribution is 5.98. The summed E-state index contributed by atoms with van der Waals surface area (Å²) < 4.78 is 23.9. The number of hydrogen-bond donors (Lipinski definition) is 2. The van der Waals surface area contributed by atoms with Gasteiger partial charge in [0.05, 0.1) is 23.9 Å². The van der Waals surface area contributed by atoms with Crippen LogP contribution >= 0.6 is 0 Å². The minimum absolute atomic E-state index is 0.0971. The standard InChI is InChI=1S/C23H22FN3O5/c1-2-31-18-6-4-3-5-16(18)21-20-17(13-32-22(20)29)27(23(30)26-21)12-19(28)25-11-14-7-9-15(24)10-8-14/h3-10,21H,2,11-13H2,1H3,(H,25,28)(H,26,30)/t21-/m1/s1. The molecule has 0 aliphatic carbocycles. The van der Waals surface area contributed by atoms with Crippen molar-refractivity contribution in [3.63, 3.8) is 0 Å². The van der Waals surface area contributed by atoms with E-state index in [4.69, 9.17) is 9.47 Å². The Hall–Kier alpha value is -3.88. The van der Waals surface area contributed by atoms with Gasteiger partial charge in [-0.25, -0.2) is 14.0 Å². The number of esters is 1. The zero-order valence-corrected chi connectivity index (χ0v) is 17.4. The van der Waals surface area contributed by atoms with Crippen molar-refractivity contribution in [2.75, 3.05) is 19.8 Å². The molecule has 9 heteroatoms. The number of nitrogens with one attached hydrogen (secondary N) is 2. The Kier molecular flexibility index (Phi) is 6.07. The third-order valence-corrected chi connectivity index (χ3v) is 5.23. The first-order valence-electron chi connectivity index (χ1n) is 10.2. The van der Waals surface area contributed by atoms with Crippen LogP contribution < -0.4 is 15.4 Å². The van der Waals surface area contributed by atoms with Crippen LogP contribution in [0.1, 0.15) is 24.1 Å². The smallest absolute Gasteiger partial charge is 0.338 e. The number of ether oxygens (including phenoxy) is 2. The topological polar surface area (TPSA) is 97.0 Å². The fourth-order valence-electron chi connectivity index (χ4n) is 3.72. The largest absolute Gasteiger partial charge is 0.494 e. The van der Waals surface area contributed by atoms with E-state index >= 15 is 0 Å². The first kappa shape index (κ1) is 21.4. The van der Waals surface area contributed by atoms with Gasteiger partial charge in [0, 0.05) is 12.1 Å². The van der Waals surface area contributed by atoms with E-state index in [0.717, 1.165) is 5.56 Å². The van der Waals surface area contributed by atoms with Gasteiger partial charge in [-0.1, -0.05) is 30.3 Å². The first-order chi connectivity index (χ1) is 15.5. The van der Waals surface area contributed by atoms with Gasteiger partial charge in [-0.3, -0.25) is 9.69 Å². The van der Waals surface area contributed by atoms with Gasteiger partial charge < -0.3 is 20.1 Å². The third kappa shape index (κ3) is 4.27. The average Bonchev–Trinajstić information content (AvgIpc) is 3.17. The molecule has 3 amide bonds. The summed E-state index contributed by atoms with van der Waals surface area (Å²) in [7, 11) is 0. The maximum Gasteiger partial charge on any atom is 0.338 e. The van der Waals surface area contributed by atoms with Crippen molar-refractivity contribution in [1.82, 2.24) is 15.5 Å². The molecule has 0 saturated carbocycles. The van der Waals surface area contributed by atoms with Crippen LogP contribution in [-0.2, 0) is 20.9 Å². The molecule has 2 aliphatic rings. The van der Waals surface area contributed by atoms with Crippen molar-refractivity contribution in [2.24, 2.45) is 0 Å². The minimum Gasteiger partial charge on any atom is -0.494 e. The number of para-hydroxylation sites is 1. The van der Waals surface area contributed by atoms with E-state index in [1.165, 1.54) is 17.0 Å². The predicted octanol–water partition coefficient (Wildman–Crippen LogP) is 2.42. The first-order valence-corrected chi connectivity index (χ1v) is 10.2. The lowest BCUT2D eigenvalue weighted by Gasteiger charge is -2.33. The van der Waals surface area contributed by atoms with E-state index in [2.05, 4.69) is 10.6 Å². The SMILES string of the molecule is CCOc1ccccc1[C@H]1NC(=O)N(CC(=O)NCc2ccc(F)cc2)C2=C1C(=O)OC2. The molecule has 2 aliphatic heterocycles. The fraction of sp³-hybridized carbons (Fsp3) is 0.261. The van der Waals surface area contributed by atoms with E-state index in [-0.39, 0.29) is 31.1 Å². The molecular formula is C23H22FN3O5. The van der Waals surface area contributed by atoms with Crippen LogP contribution in [0.25, 0.3) is 0 Å². The van der Waals surface area contributed by atoms with Gasteiger partial charge in [-0.05, 0) is 30.7 Å². The summed E-state index contributed by atoms with van der Waals surface area (Å²) in [6.45, 7) is 2.06. The van der Waals surface area contributed by atoms with Crippen molar-refractivity contribution in [1.29, 1.82) is 0 Å². The average molecular weight is 439 g/mol. The summed E-state index contributed by atoms with van der Waals surface area (Å²) >= 11 is 0. The maximum atomic E-state index is 13.0.